The molecule has 1 aromatic heterocycles. The molecule has 0 amide bonds. The van der Waals surface area contributed by atoms with E-state index >= 15 is 0 Å². The van der Waals surface area contributed by atoms with Crippen LogP contribution in [0.15, 0.2) is 71.9 Å². The summed E-state index contributed by atoms with van der Waals surface area (Å²) < 4.78 is 27.3. The van der Waals surface area contributed by atoms with Gasteiger partial charge < -0.3 is 10.4 Å². The molecule has 0 bridgehead atoms. The van der Waals surface area contributed by atoms with E-state index in [9.17, 15) is 13.5 Å². The number of sulfonamides is 1. The predicted molar refractivity (Wildman–Crippen MR) is 106 cm³/mol. The van der Waals surface area contributed by atoms with Crippen molar-refractivity contribution in [3.63, 3.8) is 0 Å². The fourth-order valence-electron chi connectivity index (χ4n) is 2.74. The molecule has 0 aliphatic carbocycles. The number of aliphatic hydroxyl groups is 1. The Morgan fingerprint density at radius 2 is 1.81 bits per heavy atom. The normalized spacial score (nSPS) is 12.9. The van der Waals surface area contributed by atoms with Gasteiger partial charge in [-0.3, -0.25) is 4.98 Å². The smallest absolute Gasteiger partial charge is 0.240 e. The Morgan fingerprint density at radius 1 is 1.00 bits per heavy atom. The number of nitrogens with one attached hydrogen (secondary N) is 2. The number of aromatic nitrogens is 1. The minimum atomic E-state index is -3.68. The lowest BCUT2D eigenvalue weighted by Gasteiger charge is -2.13. The van der Waals surface area contributed by atoms with Crippen LogP contribution in [0, 0.1) is 0 Å². The van der Waals surface area contributed by atoms with Crippen molar-refractivity contribution in [3.05, 3.63) is 72.6 Å². The highest BCUT2D eigenvalue weighted by atomic mass is 32.2. The summed E-state index contributed by atoms with van der Waals surface area (Å²) >= 11 is 0. The molecule has 0 spiro atoms. The topological polar surface area (TPSA) is 91.3 Å². The maximum Gasteiger partial charge on any atom is 0.240 e. The summed E-state index contributed by atoms with van der Waals surface area (Å²) in [4.78, 5) is 4.19. The number of rotatable bonds is 9. The standard InChI is InChI=1S/C20H23N3O3S/c24-19(14-22-10-8-16-4-2-1-3-5-16)15-23-27(25,26)20-7-6-18-13-21-11-9-17(18)12-20/h1-7,9,11-13,19,22-24H,8,10,14-15H2. The Kier molecular flexibility index (Phi) is 6.52. The zero-order valence-electron chi connectivity index (χ0n) is 14.9. The molecule has 0 saturated heterocycles. The highest BCUT2D eigenvalue weighted by molar-refractivity contribution is 7.89. The maximum atomic E-state index is 12.4. The molecule has 142 valence electrons. The Balaban J connectivity index is 1.47. The summed E-state index contributed by atoms with van der Waals surface area (Å²) in [6, 6.07) is 16.7. The average Bonchev–Trinajstić information content (AvgIpc) is 2.70. The number of nitrogens with zero attached hydrogens (tertiary/aromatic N) is 1. The highest BCUT2D eigenvalue weighted by Gasteiger charge is 2.16. The van der Waals surface area contributed by atoms with E-state index in [-0.39, 0.29) is 11.4 Å². The van der Waals surface area contributed by atoms with E-state index in [4.69, 9.17) is 0 Å². The van der Waals surface area contributed by atoms with Crippen LogP contribution in [0.5, 0.6) is 0 Å². The van der Waals surface area contributed by atoms with E-state index in [1.807, 2.05) is 30.3 Å². The van der Waals surface area contributed by atoms with Crippen LogP contribution >= 0.6 is 0 Å². The lowest BCUT2D eigenvalue weighted by atomic mass is 10.1. The van der Waals surface area contributed by atoms with Gasteiger partial charge >= 0.3 is 0 Å². The van der Waals surface area contributed by atoms with Crippen LogP contribution in [-0.4, -0.2) is 44.2 Å². The van der Waals surface area contributed by atoms with Crippen molar-refractivity contribution in [3.8, 4) is 0 Å². The summed E-state index contributed by atoms with van der Waals surface area (Å²) in [5.74, 6) is 0. The summed E-state index contributed by atoms with van der Waals surface area (Å²) in [6.45, 7) is 0.986. The molecule has 0 fully saturated rings. The molecular formula is C20H23N3O3S. The summed E-state index contributed by atoms with van der Waals surface area (Å²) in [5.41, 5.74) is 1.21. The summed E-state index contributed by atoms with van der Waals surface area (Å²) in [6.07, 6.45) is 3.35. The third kappa shape index (κ3) is 5.58. The first-order valence-electron chi connectivity index (χ1n) is 8.81. The number of hydrogen-bond acceptors (Lipinski definition) is 5. The van der Waals surface area contributed by atoms with Crippen LogP contribution in [0.1, 0.15) is 5.56 Å². The predicted octanol–water partition coefficient (Wildman–Crippen LogP) is 1.71. The first-order valence-corrected chi connectivity index (χ1v) is 10.3. The van der Waals surface area contributed by atoms with Gasteiger partial charge in [-0.15, -0.1) is 0 Å². The second kappa shape index (κ2) is 9.05. The highest BCUT2D eigenvalue weighted by Crippen LogP contribution is 2.17. The van der Waals surface area contributed by atoms with Gasteiger partial charge in [0.25, 0.3) is 0 Å². The van der Waals surface area contributed by atoms with Crippen LogP contribution in [0.25, 0.3) is 10.8 Å². The molecule has 0 radical (unpaired) electrons. The van der Waals surface area contributed by atoms with E-state index in [1.165, 1.54) is 11.6 Å². The molecule has 1 unspecified atom stereocenters. The van der Waals surface area contributed by atoms with Crippen molar-refractivity contribution in [2.75, 3.05) is 19.6 Å². The van der Waals surface area contributed by atoms with Crippen molar-refractivity contribution < 1.29 is 13.5 Å². The third-order valence-electron chi connectivity index (χ3n) is 4.24. The van der Waals surface area contributed by atoms with Crippen LogP contribution in [0.2, 0.25) is 0 Å². The average molecular weight is 385 g/mol. The van der Waals surface area contributed by atoms with Crippen molar-refractivity contribution in [2.45, 2.75) is 17.4 Å². The molecule has 2 aromatic carbocycles. The zero-order valence-corrected chi connectivity index (χ0v) is 15.7. The minimum Gasteiger partial charge on any atom is -0.390 e. The van der Waals surface area contributed by atoms with Crippen molar-refractivity contribution >= 4 is 20.8 Å². The van der Waals surface area contributed by atoms with Gasteiger partial charge in [-0.05, 0) is 42.1 Å². The molecular weight excluding hydrogens is 362 g/mol. The van der Waals surface area contributed by atoms with Crippen LogP contribution in [0.3, 0.4) is 0 Å². The van der Waals surface area contributed by atoms with E-state index in [0.717, 1.165) is 17.2 Å². The van der Waals surface area contributed by atoms with Crippen molar-refractivity contribution in [1.29, 1.82) is 0 Å². The van der Waals surface area contributed by atoms with Gasteiger partial charge in [-0.25, -0.2) is 13.1 Å². The van der Waals surface area contributed by atoms with Crippen LogP contribution < -0.4 is 10.0 Å². The second-order valence-electron chi connectivity index (χ2n) is 6.33. The van der Waals surface area contributed by atoms with Gasteiger partial charge in [0.15, 0.2) is 0 Å². The lowest BCUT2D eigenvalue weighted by Crippen LogP contribution is -2.38. The van der Waals surface area contributed by atoms with Gasteiger partial charge in [0.2, 0.25) is 10.0 Å². The Hall–Kier alpha value is -2.32. The summed E-state index contributed by atoms with van der Waals surface area (Å²) in [5, 5.41) is 14.8. The van der Waals surface area contributed by atoms with Gasteiger partial charge in [-0.1, -0.05) is 36.4 Å². The number of pyridine rings is 1. The van der Waals surface area contributed by atoms with Crippen molar-refractivity contribution in [1.82, 2.24) is 15.0 Å². The Morgan fingerprint density at radius 3 is 2.63 bits per heavy atom. The number of fused-ring (bicyclic) bond motifs is 1. The van der Waals surface area contributed by atoms with E-state index in [2.05, 4.69) is 15.0 Å². The molecule has 1 heterocycles. The molecule has 3 aromatic rings. The SMILES string of the molecule is O=S(=O)(NCC(O)CNCCc1ccccc1)c1ccc2cnccc2c1. The number of hydrogen-bond donors (Lipinski definition) is 3. The molecule has 0 aliphatic heterocycles. The third-order valence-corrected chi connectivity index (χ3v) is 5.67. The lowest BCUT2D eigenvalue weighted by molar-refractivity contribution is 0.175. The second-order valence-corrected chi connectivity index (χ2v) is 8.10. The van der Waals surface area contributed by atoms with Gasteiger partial charge in [0, 0.05) is 30.9 Å². The first kappa shape index (κ1) is 19.4. The molecule has 1 atom stereocenters. The minimum absolute atomic E-state index is 0.0466. The molecule has 0 saturated carbocycles. The van der Waals surface area contributed by atoms with E-state index < -0.39 is 16.1 Å². The van der Waals surface area contributed by atoms with Gasteiger partial charge in [0.1, 0.15) is 0 Å². The number of aliphatic hydroxyl groups excluding tert-OH is 1. The first-order chi connectivity index (χ1) is 13.0. The fourth-order valence-corrected chi connectivity index (χ4v) is 3.84. The fraction of sp³-hybridized carbons (Fsp3) is 0.250. The number of benzene rings is 2. The largest absolute Gasteiger partial charge is 0.390 e. The molecule has 0 aliphatic rings. The zero-order chi connectivity index (χ0) is 19.1. The Bertz CT molecular complexity index is 978. The van der Waals surface area contributed by atoms with Crippen LogP contribution in [-0.2, 0) is 16.4 Å². The van der Waals surface area contributed by atoms with E-state index in [1.54, 1.807) is 30.6 Å². The van der Waals surface area contributed by atoms with E-state index in [0.29, 0.717) is 13.1 Å². The Labute approximate surface area is 159 Å². The van der Waals surface area contributed by atoms with Gasteiger partial charge in [-0.2, -0.15) is 0 Å². The van der Waals surface area contributed by atoms with Crippen LogP contribution in [0.4, 0.5) is 0 Å². The molecule has 27 heavy (non-hydrogen) atoms. The van der Waals surface area contributed by atoms with Gasteiger partial charge in [0.05, 0.1) is 11.0 Å². The molecule has 7 heteroatoms. The summed E-state index contributed by atoms with van der Waals surface area (Å²) in [7, 11) is -3.68. The molecule has 3 rings (SSSR count). The monoisotopic (exact) mass is 385 g/mol. The maximum absolute atomic E-state index is 12.4. The quantitative estimate of drug-likeness (QED) is 0.488. The molecule has 6 nitrogen and oxygen atoms in total. The molecule has 3 N–H and O–H groups in total. The van der Waals surface area contributed by atoms with Crippen molar-refractivity contribution in [2.24, 2.45) is 0 Å².